The molecule has 1 aliphatic carbocycles. The number of rotatable bonds is 4. The quantitative estimate of drug-likeness (QED) is 0.911. The van der Waals surface area contributed by atoms with Crippen molar-refractivity contribution in [1.82, 2.24) is 0 Å². The lowest BCUT2D eigenvalue weighted by molar-refractivity contribution is -0.0500. The van der Waals surface area contributed by atoms with Gasteiger partial charge < -0.3 is 9.84 Å². The Balaban J connectivity index is 2.11. The summed E-state index contributed by atoms with van der Waals surface area (Å²) in [5.41, 5.74) is 3.19. The Bertz CT molecular complexity index is 782. The molecule has 0 unspecified atom stereocenters. The summed E-state index contributed by atoms with van der Waals surface area (Å²) >= 11 is 0. The van der Waals surface area contributed by atoms with Gasteiger partial charge in [0.2, 0.25) is 0 Å². The minimum absolute atomic E-state index is 0.0855. The molecule has 0 saturated heterocycles. The zero-order chi connectivity index (χ0) is 16.4. The van der Waals surface area contributed by atoms with Crippen molar-refractivity contribution >= 4 is 11.5 Å². The summed E-state index contributed by atoms with van der Waals surface area (Å²) in [5, 5.41) is 9.17. The van der Waals surface area contributed by atoms with E-state index < -0.39 is 12.6 Å². The first-order valence-electron chi connectivity index (χ1n) is 7.17. The predicted molar refractivity (Wildman–Crippen MR) is 81.9 cm³/mol. The SMILES string of the molecule is O=C(O)c1ccc2c(c1)C(c1ccccc1OC(F)F)=CCC2. The number of hydrogen-bond donors (Lipinski definition) is 1. The molecule has 1 aliphatic rings. The molecule has 0 heterocycles. The maximum absolute atomic E-state index is 12.6. The highest BCUT2D eigenvalue weighted by Gasteiger charge is 2.20. The summed E-state index contributed by atoms with van der Waals surface area (Å²) in [7, 11) is 0. The van der Waals surface area contributed by atoms with Crippen LogP contribution in [-0.4, -0.2) is 17.7 Å². The van der Waals surface area contributed by atoms with Crippen LogP contribution in [0.25, 0.3) is 5.57 Å². The van der Waals surface area contributed by atoms with Gasteiger partial charge in [0.25, 0.3) is 0 Å². The number of halogens is 2. The average molecular weight is 316 g/mol. The molecule has 3 nitrogen and oxygen atoms in total. The molecular formula is C18H14F2O3. The highest BCUT2D eigenvalue weighted by Crippen LogP contribution is 2.37. The second kappa shape index (κ2) is 6.20. The molecule has 0 aromatic heterocycles. The fraction of sp³-hybridized carbons (Fsp3) is 0.167. The van der Waals surface area contributed by atoms with Crippen molar-refractivity contribution in [3.05, 3.63) is 70.8 Å². The topological polar surface area (TPSA) is 46.5 Å². The van der Waals surface area contributed by atoms with E-state index in [1.165, 1.54) is 6.07 Å². The monoisotopic (exact) mass is 316 g/mol. The molecule has 0 saturated carbocycles. The van der Waals surface area contributed by atoms with Crippen LogP contribution >= 0.6 is 0 Å². The van der Waals surface area contributed by atoms with E-state index in [1.807, 2.05) is 6.08 Å². The molecule has 23 heavy (non-hydrogen) atoms. The number of hydrogen-bond acceptors (Lipinski definition) is 2. The van der Waals surface area contributed by atoms with E-state index in [-0.39, 0.29) is 11.3 Å². The normalized spacial score (nSPS) is 13.4. The van der Waals surface area contributed by atoms with Crippen molar-refractivity contribution < 1.29 is 23.4 Å². The Hall–Kier alpha value is -2.69. The smallest absolute Gasteiger partial charge is 0.387 e. The molecule has 0 amide bonds. The summed E-state index contributed by atoms with van der Waals surface area (Å²) in [5.74, 6) is -0.933. The van der Waals surface area contributed by atoms with Gasteiger partial charge in [-0.3, -0.25) is 0 Å². The van der Waals surface area contributed by atoms with E-state index in [4.69, 9.17) is 0 Å². The van der Waals surface area contributed by atoms with Crippen LogP contribution in [0, 0.1) is 0 Å². The largest absolute Gasteiger partial charge is 0.478 e. The van der Waals surface area contributed by atoms with E-state index in [2.05, 4.69) is 4.74 Å². The highest BCUT2D eigenvalue weighted by atomic mass is 19.3. The Morgan fingerprint density at radius 1 is 1.13 bits per heavy atom. The molecule has 0 aliphatic heterocycles. The van der Waals surface area contributed by atoms with E-state index in [1.54, 1.807) is 36.4 Å². The number of allylic oxidation sites excluding steroid dienone is 1. The van der Waals surface area contributed by atoms with Crippen LogP contribution in [0.1, 0.15) is 33.5 Å². The molecule has 3 rings (SSSR count). The van der Waals surface area contributed by atoms with Gasteiger partial charge in [-0.15, -0.1) is 0 Å². The van der Waals surface area contributed by atoms with E-state index in [0.717, 1.165) is 29.5 Å². The van der Waals surface area contributed by atoms with Gasteiger partial charge in [0.1, 0.15) is 5.75 Å². The molecular weight excluding hydrogens is 302 g/mol. The van der Waals surface area contributed by atoms with Gasteiger partial charge in [-0.05, 0) is 47.7 Å². The molecule has 0 radical (unpaired) electrons. The zero-order valence-electron chi connectivity index (χ0n) is 12.1. The van der Waals surface area contributed by atoms with Gasteiger partial charge in [-0.2, -0.15) is 8.78 Å². The number of aryl methyl sites for hydroxylation is 1. The lowest BCUT2D eigenvalue weighted by atomic mass is 9.85. The lowest BCUT2D eigenvalue weighted by Crippen LogP contribution is -2.08. The van der Waals surface area contributed by atoms with E-state index in [0.29, 0.717) is 5.56 Å². The minimum Gasteiger partial charge on any atom is -0.478 e. The predicted octanol–water partition coefficient (Wildman–Crippen LogP) is 4.36. The van der Waals surface area contributed by atoms with Crippen LogP contribution < -0.4 is 4.74 Å². The van der Waals surface area contributed by atoms with Gasteiger partial charge in [-0.1, -0.05) is 30.3 Å². The van der Waals surface area contributed by atoms with Gasteiger partial charge in [0.15, 0.2) is 0 Å². The molecule has 118 valence electrons. The summed E-state index contributed by atoms with van der Waals surface area (Å²) in [6.07, 6.45) is 3.48. The first-order valence-corrected chi connectivity index (χ1v) is 7.17. The summed E-state index contributed by atoms with van der Waals surface area (Å²) in [6, 6.07) is 11.5. The number of fused-ring (bicyclic) bond motifs is 1. The van der Waals surface area contributed by atoms with Crippen molar-refractivity contribution in [2.24, 2.45) is 0 Å². The number of carbonyl (C=O) groups is 1. The molecule has 5 heteroatoms. The summed E-state index contributed by atoms with van der Waals surface area (Å²) in [6.45, 7) is -2.91. The third kappa shape index (κ3) is 3.08. The number of benzene rings is 2. The Labute approximate surface area is 131 Å². The fourth-order valence-electron chi connectivity index (χ4n) is 2.80. The number of alkyl halides is 2. The maximum atomic E-state index is 12.6. The van der Waals surface area contributed by atoms with Crippen molar-refractivity contribution in [3.63, 3.8) is 0 Å². The first kappa shape index (κ1) is 15.2. The lowest BCUT2D eigenvalue weighted by Gasteiger charge is -2.20. The second-order valence-electron chi connectivity index (χ2n) is 5.21. The maximum Gasteiger partial charge on any atom is 0.387 e. The Morgan fingerprint density at radius 3 is 2.65 bits per heavy atom. The van der Waals surface area contributed by atoms with Crippen molar-refractivity contribution in [2.75, 3.05) is 0 Å². The zero-order valence-corrected chi connectivity index (χ0v) is 12.1. The van der Waals surface area contributed by atoms with Crippen LogP contribution in [0.5, 0.6) is 5.75 Å². The van der Waals surface area contributed by atoms with E-state index in [9.17, 15) is 18.7 Å². The number of carboxylic acids is 1. The molecule has 0 spiro atoms. The standard InChI is InChI=1S/C18H14F2O3/c19-18(20)23-16-7-2-1-5-14(16)13-6-3-4-11-8-9-12(17(21)22)10-15(11)13/h1-2,5-10,18H,3-4H2,(H,21,22). The summed E-state index contributed by atoms with van der Waals surface area (Å²) in [4.78, 5) is 11.2. The van der Waals surface area contributed by atoms with Crippen molar-refractivity contribution in [1.29, 1.82) is 0 Å². The average Bonchev–Trinajstić information content (AvgIpc) is 2.54. The fourth-order valence-corrected chi connectivity index (χ4v) is 2.80. The van der Waals surface area contributed by atoms with Crippen molar-refractivity contribution in [2.45, 2.75) is 19.5 Å². The van der Waals surface area contributed by atoms with E-state index >= 15 is 0 Å². The molecule has 0 bridgehead atoms. The molecule has 2 aromatic carbocycles. The summed E-state index contributed by atoms with van der Waals surface area (Å²) < 4.78 is 29.8. The highest BCUT2D eigenvalue weighted by molar-refractivity contribution is 5.92. The van der Waals surface area contributed by atoms with Gasteiger partial charge in [0, 0.05) is 5.56 Å². The number of aromatic carboxylic acids is 1. The second-order valence-corrected chi connectivity index (χ2v) is 5.21. The van der Waals surface area contributed by atoms with Crippen LogP contribution in [0.2, 0.25) is 0 Å². The Kier molecular flexibility index (Phi) is 4.10. The minimum atomic E-state index is -2.91. The van der Waals surface area contributed by atoms with Crippen LogP contribution in [0.3, 0.4) is 0 Å². The first-order chi connectivity index (χ1) is 11.1. The molecule has 1 N–H and O–H groups in total. The Morgan fingerprint density at radius 2 is 1.91 bits per heavy atom. The van der Waals surface area contributed by atoms with Gasteiger partial charge >= 0.3 is 12.6 Å². The van der Waals surface area contributed by atoms with Crippen LogP contribution in [-0.2, 0) is 6.42 Å². The number of para-hydroxylation sites is 1. The van der Waals surface area contributed by atoms with Crippen molar-refractivity contribution in [3.8, 4) is 5.75 Å². The molecule has 2 aromatic rings. The molecule has 0 atom stereocenters. The number of carboxylic acid groups (broad SMARTS) is 1. The van der Waals surface area contributed by atoms with Crippen LogP contribution in [0.4, 0.5) is 8.78 Å². The third-order valence-electron chi connectivity index (χ3n) is 3.80. The van der Waals surface area contributed by atoms with Gasteiger partial charge in [0.05, 0.1) is 5.56 Å². The third-order valence-corrected chi connectivity index (χ3v) is 3.80. The van der Waals surface area contributed by atoms with Crippen LogP contribution in [0.15, 0.2) is 48.5 Å². The number of ether oxygens (including phenoxy) is 1. The molecule has 0 fully saturated rings. The van der Waals surface area contributed by atoms with Gasteiger partial charge in [-0.25, -0.2) is 4.79 Å².